The van der Waals surface area contributed by atoms with Crippen molar-refractivity contribution in [3.05, 3.63) is 35.9 Å². The molecular formula is C14H18O. The average molecular weight is 202 g/mol. The molecular weight excluding hydrogens is 184 g/mol. The van der Waals surface area contributed by atoms with Gasteiger partial charge in [0.15, 0.2) is 0 Å². The second kappa shape index (κ2) is 4.61. The van der Waals surface area contributed by atoms with Gasteiger partial charge in [-0.2, -0.15) is 0 Å². The fraction of sp³-hybridized carbons (Fsp3) is 0.500. The van der Waals surface area contributed by atoms with Crippen LogP contribution in [0.1, 0.15) is 31.7 Å². The Labute approximate surface area is 91.5 Å². The number of Topliss-reactive ketones (excluding diaryl/α,β-unsaturated/α-hetero) is 1. The van der Waals surface area contributed by atoms with Gasteiger partial charge >= 0.3 is 0 Å². The quantitative estimate of drug-likeness (QED) is 0.735. The number of rotatable bonds is 3. The predicted octanol–water partition coefficient (Wildman–Crippen LogP) is 3.23. The maximum atomic E-state index is 11.4. The Morgan fingerprint density at radius 2 is 2.00 bits per heavy atom. The minimum absolute atomic E-state index is 0.300. The molecule has 0 saturated heterocycles. The van der Waals surface area contributed by atoms with E-state index in [1.807, 2.05) is 6.07 Å². The van der Waals surface area contributed by atoms with E-state index in [9.17, 15) is 4.79 Å². The first-order valence-electron chi connectivity index (χ1n) is 5.84. The number of hydrogen-bond acceptors (Lipinski definition) is 1. The van der Waals surface area contributed by atoms with E-state index in [0.717, 1.165) is 25.7 Å². The predicted molar refractivity (Wildman–Crippen MR) is 61.7 cm³/mol. The molecule has 1 aromatic rings. The molecule has 2 atom stereocenters. The minimum atomic E-state index is 0.300. The van der Waals surface area contributed by atoms with Gasteiger partial charge < -0.3 is 0 Å². The first-order valence-corrected chi connectivity index (χ1v) is 5.84. The Bertz CT molecular complexity index is 328. The van der Waals surface area contributed by atoms with E-state index in [-0.39, 0.29) is 0 Å². The molecule has 1 aromatic carbocycles. The van der Waals surface area contributed by atoms with Crippen LogP contribution in [0.3, 0.4) is 0 Å². The van der Waals surface area contributed by atoms with Gasteiger partial charge in [0.05, 0.1) is 0 Å². The first kappa shape index (κ1) is 10.4. The van der Waals surface area contributed by atoms with E-state index in [1.54, 1.807) is 0 Å². The molecule has 2 rings (SSSR count). The highest BCUT2D eigenvalue weighted by molar-refractivity contribution is 5.82. The molecule has 1 aliphatic rings. The van der Waals surface area contributed by atoms with Crippen molar-refractivity contribution in [2.45, 2.75) is 32.6 Å². The molecule has 1 heteroatoms. The lowest BCUT2D eigenvalue weighted by molar-refractivity contribution is -0.120. The third kappa shape index (κ3) is 2.47. The van der Waals surface area contributed by atoms with Crippen LogP contribution in [0.25, 0.3) is 0 Å². The fourth-order valence-electron chi connectivity index (χ4n) is 2.46. The highest BCUT2D eigenvalue weighted by Crippen LogP contribution is 2.31. The smallest absolute Gasteiger partial charge is 0.135 e. The SMILES string of the molecule is C[C@H]1C(=O)CC[C@@H]1CCc1ccccc1. The van der Waals surface area contributed by atoms with E-state index in [1.165, 1.54) is 5.56 Å². The number of aryl methyl sites for hydroxylation is 1. The molecule has 15 heavy (non-hydrogen) atoms. The summed E-state index contributed by atoms with van der Waals surface area (Å²) in [6.45, 7) is 2.09. The normalized spacial score (nSPS) is 25.8. The number of carbonyl (C=O) groups excluding carboxylic acids is 1. The summed E-state index contributed by atoms with van der Waals surface area (Å²) in [5, 5.41) is 0. The van der Waals surface area contributed by atoms with Gasteiger partial charge in [-0.05, 0) is 30.7 Å². The van der Waals surface area contributed by atoms with Crippen LogP contribution in [0, 0.1) is 11.8 Å². The van der Waals surface area contributed by atoms with Crippen molar-refractivity contribution >= 4 is 5.78 Å². The van der Waals surface area contributed by atoms with Crippen LogP contribution in [-0.4, -0.2) is 5.78 Å². The van der Waals surface area contributed by atoms with E-state index in [0.29, 0.717) is 17.6 Å². The molecule has 1 aliphatic carbocycles. The number of ketones is 1. The molecule has 0 amide bonds. The standard InChI is InChI=1S/C14H18O/c1-11-13(9-10-14(11)15)8-7-12-5-3-2-4-6-12/h2-6,11,13H,7-10H2,1H3/t11-,13+/m1/s1. The van der Waals surface area contributed by atoms with Crippen molar-refractivity contribution < 1.29 is 4.79 Å². The van der Waals surface area contributed by atoms with Gasteiger partial charge in [0.2, 0.25) is 0 Å². The highest BCUT2D eigenvalue weighted by Gasteiger charge is 2.30. The van der Waals surface area contributed by atoms with Crippen molar-refractivity contribution in [1.29, 1.82) is 0 Å². The van der Waals surface area contributed by atoms with Crippen molar-refractivity contribution in [2.24, 2.45) is 11.8 Å². The van der Waals surface area contributed by atoms with Crippen LogP contribution >= 0.6 is 0 Å². The summed E-state index contributed by atoms with van der Waals surface area (Å²) in [5.41, 5.74) is 1.39. The third-order valence-electron chi connectivity index (χ3n) is 3.62. The van der Waals surface area contributed by atoms with Gasteiger partial charge in [0.1, 0.15) is 5.78 Å². The molecule has 1 fully saturated rings. The van der Waals surface area contributed by atoms with Gasteiger partial charge in [-0.1, -0.05) is 37.3 Å². The van der Waals surface area contributed by atoms with E-state index >= 15 is 0 Å². The van der Waals surface area contributed by atoms with Crippen molar-refractivity contribution in [2.75, 3.05) is 0 Å². The molecule has 0 heterocycles. The van der Waals surface area contributed by atoms with Crippen LogP contribution < -0.4 is 0 Å². The largest absolute Gasteiger partial charge is 0.299 e. The Balaban J connectivity index is 1.87. The zero-order chi connectivity index (χ0) is 10.7. The Hall–Kier alpha value is -1.11. The Morgan fingerprint density at radius 3 is 2.60 bits per heavy atom. The average Bonchev–Trinajstić information content (AvgIpc) is 2.59. The summed E-state index contributed by atoms with van der Waals surface area (Å²) < 4.78 is 0. The summed E-state index contributed by atoms with van der Waals surface area (Å²) in [7, 11) is 0. The van der Waals surface area contributed by atoms with Gasteiger partial charge in [-0.15, -0.1) is 0 Å². The van der Waals surface area contributed by atoms with E-state index < -0.39 is 0 Å². The number of carbonyl (C=O) groups is 1. The molecule has 0 bridgehead atoms. The molecule has 0 unspecified atom stereocenters. The summed E-state index contributed by atoms with van der Waals surface area (Å²) in [5.74, 6) is 1.39. The molecule has 0 radical (unpaired) electrons. The fourth-order valence-corrected chi connectivity index (χ4v) is 2.46. The lowest BCUT2D eigenvalue weighted by Gasteiger charge is -2.13. The van der Waals surface area contributed by atoms with Crippen LogP contribution in [0.4, 0.5) is 0 Å². The second-order valence-corrected chi connectivity index (χ2v) is 4.58. The zero-order valence-corrected chi connectivity index (χ0v) is 9.28. The van der Waals surface area contributed by atoms with Crippen LogP contribution in [0.5, 0.6) is 0 Å². The third-order valence-corrected chi connectivity index (χ3v) is 3.62. The summed E-state index contributed by atoms with van der Waals surface area (Å²) >= 11 is 0. The van der Waals surface area contributed by atoms with Crippen molar-refractivity contribution in [3.8, 4) is 0 Å². The Kier molecular flexibility index (Phi) is 3.20. The highest BCUT2D eigenvalue weighted by atomic mass is 16.1. The molecule has 0 N–H and O–H groups in total. The molecule has 0 aromatic heterocycles. The van der Waals surface area contributed by atoms with Gasteiger partial charge in [0.25, 0.3) is 0 Å². The molecule has 80 valence electrons. The van der Waals surface area contributed by atoms with E-state index in [2.05, 4.69) is 31.2 Å². The van der Waals surface area contributed by atoms with Crippen LogP contribution in [0.2, 0.25) is 0 Å². The van der Waals surface area contributed by atoms with Gasteiger partial charge in [-0.3, -0.25) is 4.79 Å². The second-order valence-electron chi connectivity index (χ2n) is 4.58. The lowest BCUT2D eigenvalue weighted by Crippen LogP contribution is -2.11. The monoisotopic (exact) mass is 202 g/mol. The zero-order valence-electron chi connectivity index (χ0n) is 9.28. The molecule has 0 aliphatic heterocycles. The molecule has 1 nitrogen and oxygen atoms in total. The van der Waals surface area contributed by atoms with Crippen LogP contribution in [0.15, 0.2) is 30.3 Å². The Morgan fingerprint density at radius 1 is 1.27 bits per heavy atom. The topological polar surface area (TPSA) is 17.1 Å². The first-order chi connectivity index (χ1) is 7.27. The lowest BCUT2D eigenvalue weighted by atomic mass is 9.91. The van der Waals surface area contributed by atoms with Gasteiger partial charge in [0, 0.05) is 12.3 Å². The summed E-state index contributed by atoms with van der Waals surface area (Å²) in [6.07, 6.45) is 4.19. The molecule has 1 saturated carbocycles. The minimum Gasteiger partial charge on any atom is -0.299 e. The summed E-state index contributed by atoms with van der Waals surface area (Å²) in [6, 6.07) is 10.5. The van der Waals surface area contributed by atoms with Crippen molar-refractivity contribution in [3.63, 3.8) is 0 Å². The van der Waals surface area contributed by atoms with E-state index in [4.69, 9.17) is 0 Å². The maximum absolute atomic E-state index is 11.4. The molecule has 0 spiro atoms. The number of benzene rings is 1. The summed E-state index contributed by atoms with van der Waals surface area (Å²) in [4.78, 5) is 11.4. The van der Waals surface area contributed by atoms with Gasteiger partial charge in [-0.25, -0.2) is 0 Å². The van der Waals surface area contributed by atoms with Crippen molar-refractivity contribution in [1.82, 2.24) is 0 Å². The number of hydrogen-bond donors (Lipinski definition) is 0. The maximum Gasteiger partial charge on any atom is 0.135 e. The van der Waals surface area contributed by atoms with Crippen LogP contribution in [-0.2, 0) is 11.2 Å².